The lowest BCUT2D eigenvalue weighted by Crippen LogP contribution is -2.38. The molecule has 0 saturated heterocycles. The molecule has 1 N–H and O–H groups in total. The van der Waals surface area contributed by atoms with Crippen LogP contribution in [0.4, 0.5) is 0 Å². The van der Waals surface area contributed by atoms with Crippen LogP contribution in [0.1, 0.15) is 70.2 Å². The number of aromatic amines is 1. The molecule has 3 rings (SSSR count). The number of ether oxygens (including phenoxy) is 2. The summed E-state index contributed by atoms with van der Waals surface area (Å²) in [5, 5.41) is 0. The first kappa shape index (κ1) is 20.8. The first-order valence-electron chi connectivity index (χ1n) is 10.7. The molecule has 0 aliphatic heterocycles. The van der Waals surface area contributed by atoms with E-state index in [1.54, 1.807) is 7.11 Å². The molecular weight excluding hydrogens is 352 g/mol. The number of nitrogens with one attached hydrogen (secondary N) is 1. The van der Waals surface area contributed by atoms with Crippen molar-refractivity contribution in [2.24, 2.45) is 5.92 Å². The Balaban J connectivity index is 1.82. The molecule has 1 unspecified atom stereocenters. The van der Waals surface area contributed by atoms with Gasteiger partial charge in [0, 0.05) is 13.5 Å². The van der Waals surface area contributed by atoms with Gasteiger partial charge >= 0.3 is 5.97 Å². The lowest BCUT2D eigenvalue weighted by atomic mass is 9.83. The van der Waals surface area contributed by atoms with E-state index in [9.17, 15) is 4.79 Å². The molecule has 154 valence electrons. The van der Waals surface area contributed by atoms with Crippen LogP contribution in [-0.2, 0) is 26.1 Å². The molecule has 1 aromatic carbocycles. The van der Waals surface area contributed by atoms with Crippen molar-refractivity contribution >= 4 is 17.0 Å². The summed E-state index contributed by atoms with van der Waals surface area (Å²) >= 11 is 0. The van der Waals surface area contributed by atoms with E-state index >= 15 is 0 Å². The summed E-state index contributed by atoms with van der Waals surface area (Å²) in [7, 11) is 1.61. The van der Waals surface area contributed by atoms with E-state index in [4.69, 9.17) is 14.5 Å². The Labute approximate surface area is 168 Å². The van der Waals surface area contributed by atoms with Crippen LogP contribution in [0.3, 0.4) is 0 Å². The van der Waals surface area contributed by atoms with Gasteiger partial charge < -0.3 is 14.5 Å². The van der Waals surface area contributed by atoms with Crippen molar-refractivity contribution in [2.45, 2.75) is 70.6 Å². The van der Waals surface area contributed by atoms with Crippen molar-refractivity contribution in [3.05, 3.63) is 29.6 Å². The number of methoxy groups -OCH3 is 1. The molecule has 1 aliphatic carbocycles. The highest BCUT2D eigenvalue weighted by Gasteiger charge is 2.37. The van der Waals surface area contributed by atoms with E-state index < -0.39 is 5.41 Å². The molecule has 5 nitrogen and oxygen atoms in total. The lowest BCUT2D eigenvalue weighted by Gasteiger charge is -2.26. The number of hydrogen-bond donors (Lipinski definition) is 1. The highest BCUT2D eigenvalue weighted by Crippen LogP contribution is 2.30. The molecule has 1 aromatic heterocycles. The van der Waals surface area contributed by atoms with E-state index in [0.717, 1.165) is 34.8 Å². The van der Waals surface area contributed by atoms with Gasteiger partial charge in [-0.1, -0.05) is 51.0 Å². The number of imidazole rings is 1. The largest absolute Gasteiger partial charge is 0.465 e. The van der Waals surface area contributed by atoms with E-state index in [1.807, 2.05) is 32.0 Å². The number of esters is 1. The summed E-state index contributed by atoms with van der Waals surface area (Å²) in [5.74, 6) is 1.52. The molecule has 1 heterocycles. The monoisotopic (exact) mass is 386 g/mol. The van der Waals surface area contributed by atoms with E-state index in [1.165, 1.54) is 44.9 Å². The summed E-state index contributed by atoms with van der Waals surface area (Å²) in [4.78, 5) is 20.9. The molecule has 28 heavy (non-hydrogen) atoms. The fraction of sp³-hybridized carbons (Fsp3) is 0.652. The molecule has 5 heteroatoms. The Bertz CT molecular complexity index is 777. The number of carbonyl (C=O) groups is 1. The first-order chi connectivity index (χ1) is 13.6. The number of carbonyl (C=O) groups excluding carboxylic acids is 1. The zero-order valence-corrected chi connectivity index (χ0v) is 17.6. The Kier molecular flexibility index (Phi) is 7.11. The summed E-state index contributed by atoms with van der Waals surface area (Å²) in [6.07, 6.45) is 10.4. The van der Waals surface area contributed by atoms with Gasteiger partial charge in [0.15, 0.2) is 0 Å². The van der Waals surface area contributed by atoms with Gasteiger partial charge in [-0.15, -0.1) is 0 Å². The van der Waals surface area contributed by atoms with Crippen LogP contribution >= 0.6 is 0 Å². The van der Waals surface area contributed by atoms with Gasteiger partial charge in [-0.3, -0.25) is 4.79 Å². The van der Waals surface area contributed by atoms with Crippen LogP contribution in [0.15, 0.2) is 18.2 Å². The molecule has 1 aliphatic rings. The summed E-state index contributed by atoms with van der Waals surface area (Å²) in [6, 6.07) is 5.99. The summed E-state index contributed by atoms with van der Waals surface area (Å²) < 4.78 is 10.7. The van der Waals surface area contributed by atoms with Gasteiger partial charge in [0.25, 0.3) is 0 Å². The molecule has 2 aromatic rings. The first-order valence-corrected chi connectivity index (χ1v) is 10.7. The van der Waals surface area contributed by atoms with Gasteiger partial charge in [0.1, 0.15) is 11.2 Å². The third kappa shape index (κ3) is 4.75. The SMILES string of the molecule is CCOC(=O)C(C)(COC)c1ccc2nc(CC3CCCCCCC3)[nH]c2c1. The van der Waals surface area contributed by atoms with E-state index in [2.05, 4.69) is 4.98 Å². The Hall–Kier alpha value is -1.88. The van der Waals surface area contributed by atoms with E-state index in [-0.39, 0.29) is 12.6 Å². The van der Waals surface area contributed by atoms with Crippen molar-refractivity contribution in [2.75, 3.05) is 20.3 Å². The van der Waals surface area contributed by atoms with Gasteiger partial charge in [-0.05, 0) is 37.5 Å². The average Bonchev–Trinajstić information content (AvgIpc) is 3.05. The predicted octanol–water partition coefficient (Wildman–Crippen LogP) is 4.93. The molecule has 1 fully saturated rings. The zero-order valence-electron chi connectivity index (χ0n) is 17.6. The van der Waals surface area contributed by atoms with Crippen molar-refractivity contribution < 1.29 is 14.3 Å². The Morgan fingerprint density at radius 2 is 1.93 bits per heavy atom. The number of H-pyrrole nitrogens is 1. The van der Waals surface area contributed by atoms with Crippen LogP contribution in [-0.4, -0.2) is 36.3 Å². The maximum absolute atomic E-state index is 12.6. The fourth-order valence-corrected chi connectivity index (χ4v) is 4.36. The average molecular weight is 387 g/mol. The second kappa shape index (κ2) is 9.55. The molecule has 1 saturated carbocycles. The number of fused-ring (bicyclic) bond motifs is 1. The zero-order chi connectivity index (χ0) is 20.0. The fourth-order valence-electron chi connectivity index (χ4n) is 4.36. The maximum atomic E-state index is 12.6. The van der Waals surface area contributed by atoms with Crippen molar-refractivity contribution in [3.63, 3.8) is 0 Å². The van der Waals surface area contributed by atoms with Gasteiger partial charge in [-0.2, -0.15) is 0 Å². The lowest BCUT2D eigenvalue weighted by molar-refractivity contribution is -0.151. The third-order valence-electron chi connectivity index (χ3n) is 6.03. The highest BCUT2D eigenvalue weighted by molar-refractivity contribution is 5.85. The highest BCUT2D eigenvalue weighted by atomic mass is 16.5. The normalized spacial score (nSPS) is 18.4. The quantitative estimate of drug-likeness (QED) is 0.685. The van der Waals surface area contributed by atoms with Crippen LogP contribution in [0.5, 0.6) is 0 Å². The van der Waals surface area contributed by atoms with Crippen LogP contribution < -0.4 is 0 Å². The maximum Gasteiger partial charge on any atom is 0.318 e. The molecular formula is C23H34N2O3. The van der Waals surface area contributed by atoms with Crippen LogP contribution in [0, 0.1) is 5.92 Å². The van der Waals surface area contributed by atoms with Crippen molar-refractivity contribution in [3.8, 4) is 0 Å². The molecule has 1 atom stereocenters. The van der Waals surface area contributed by atoms with Crippen molar-refractivity contribution in [1.29, 1.82) is 0 Å². The molecule has 0 spiro atoms. The third-order valence-corrected chi connectivity index (χ3v) is 6.03. The molecule has 0 amide bonds. The predicted molar refractivity (Wildman–Crippen MR) is 111 cm³/mol. The minimum atomic E-state index is -0.830. The van der Waals surface area contributed by atoms with E-state index in [0.29, 0.717) is 6.61 Å². The summed E-state index contributed by atoms with van der Waals surface area (Å²) in [6.45, 7) is 4.34. The second-order valence-corrected chi connectivity index (χ2v) is 8.32. The minimum Gasteiger partial charge on any atom is -0.465 e. The smallest absolute Gasteiger partial charge is 0.318 e. The van der Waals surface area contributed by atoms with Gasteiger partial charge in [-0.25, -0.2) is 4.98 Å². The number of benzene rings is 1. The topological polar surface area (TPSA) is 64.2 Å². The standard InChI is InChI=1S/C23H34N2O3/c1-4-28-22(26)23(2,16-27-3)18-12-13-19-20(15-18)25-21(24-19)14-17-10-8-6-5-7-9-11-17/h12-13,15,17H,4-11,14,16H2,1-3H3,(H,24,25). The molecule has 0 bridgehead atoms. The summed E-state index contributed by atoms with van der Waals surface area (Å²) in [5.41, 5.74) is 1.99. The Morgan fingerprint density at radius 3 is 2.61 bits per heavy atom. The number of hydrogen-bond acceptors (Lipinski definition) is 4. The van der Waals surface area contributed by atoms with Crippen LogP contribution in [0.2, 0.25) is 0 Å². The van der Waals surface area contributed by atoms with Crippen molar-refractivity contribution in [1.82, 2.24) is 9.97 Å². The number of aromatic nitrogens is 2. The Morgan fingerprint density at radius 1 is 1.21 bits per heavy atom. The van der Waals surface area contributed by atoms with Gasteiger partial charge in [0.05, 0.1) is 24.2 Å². The second-order valence-electron chi connectivity index (χ2n) is 8.32. The van der Waals surface area contributed by atoms with Crippen LogP contribution in [0.25, 0.3) is 11.0 Å². The number of rotatable bonds is 7. The molecule has 0 radical (unpaired) electrons. The minimum absolute atomic E-state index is 0.259. The van der Waals surface area contributed by atoms with Gasteiger partial charge in [0.2, 0.25) is 0 Å². The number of nitrogens with zero attached hydrogens (tertiary/aromatic N) is 1.